The summed E-state index contributed by atoms with van der Waals surface area (Å²) >= 11 is 0. The molecule has 0 bridgehead atoms. The number of carbonyl (C=O) groups is 1. The fourth-order valence-corrected chi connectivity index (χ4v) is 1.09. The molecule has 1 rings (SSSR count). The standard InChI is InChI=1S/C8H15N5O/c1-5(8(14)13(2)3)11-6-4-10-12-7(6)9/h4-5,11H,1-3H3,(H3,9,10,12). The van der Waals surface area contributed by atoms with Crippen LogP contribution in [0.25, 0.3) is 0 Å². The SMILES string of the molecule is CC(Nc1cn[nH]c1N)C(=O)N(C)C. The van der Waals surface area contributed by atoms with Crippen molar-refractivity contribution in [2.24, 2.45) is 0 Å². The van der Waals surface area contributed by atoms with E-state index in [1.54, 1.807) is 27.2 Å². The molecule has 4 N–H and O–H groups in total. The van der Waals surface area contributed by atoms with Gasteiger partial charge in [0, 0.05) is 14.1 Å². The van der Waals surface area contributed by atoms with Gasteiger partial charge in [-0.1, -0.05) is 0 Å². The number of nitrogens with one attached hydrogen (secondary N) is 2. The minimum Gasteiger partial charge on any atom is -0.382 e. The normalized spacial score (nSPS) is 12.2. The minimum atomic E-state index is -0.315. The highest BCUT2D eigenvalue weighted by atomic mass is 16.2. The lowest BCUT2D eigenvalue weighted by atomic mass is 10.3. The lowest BCUT2D eigenvalue weighted by Gasteiger charge is -2.18. The second-order valence-electron chi connectivity index (χ2n) is 3.30. The summed E-state index contributed by atoms with van der Waals surface area (Å²) in [5.74, 6) is 0.425. The Balaban J connectivity index is 2.62. The van der Waals surface area contributed by atoms with Crippen molar-refractivity contribution in [2.45, 2.75) is 13.0 Å². The summed E-state index contributed by atoms with van der Waals surface area (Å²) in [4.78, 5) is 13.0. The number of nitrogens with zero attached hydrogens (tertiary/aromatic N) is 2. The first-order valence-electron chi connectivity index (χ1n) is 4.29. The van der Waals surface area contributed by atoms with Gasteiger partial charge in [0.2, 0.25) is 5.91 Å². The first-order chi connectivity index (χ1) is 6.52. The molecule has 6 nitrogen and oxygen atoms in total. The number of nitrogens with two attached hydrogens (primary N) is 1. The largest absolute Gasteiger partial charge is 0.382 e. The van der Waals surface area contributed by atoms with Crippen molar-refractivity contribution in [2.75, 3.05) is 25.1 Å². The fraction of sp³-hybridized carbons (Fsp3) is 0.500. The van der Waals surface area contributed by atoms with E-state index in [0.29, 0.717) is 11.5 Å². The number of aromatic amines is 1. The molecule has 0 fully saturated rings. The van der Waals surface area contributed by atoms with Crippen LogP contribution in [0.3, 0.4) is 0 Å². The molecule has 0 saturated carbocycles. The molecule has 1 heterocycles. The van der Waals surface area contributed by atoms with E-state index in [0.717, 1.165) is 0 Å². The van der Waals surface area contributed by atoms with Crippen molar-refractivity contribution < 1.29 is 4.79 Å². The second kappa shape index (κ2) is 3.99. The maximum absolute atomic E-state index is 11.5. The molecule has 0 spiro atoms. The van der Waals surface area contributed by atoms with Crippen LogP contribution in [-0.2, 0) is 4.79 Å². The van der Waals surface area contributed by atoms with E-state index < -0.39 is 0 Å². The lowest BCUT2D eigenvalue weighted by molar-refractivity contribution is -0.129. The number of rotatable bonds is 3. The Morgan fingerprint density at radius 3 is 2.79 bits per heavy atom. The van der Waals surface area contributed by atoms with E-state index in [-0.39, 0.29) is 11.9 Å². The maximum Gasteiger partial charge on any atom is 0.244 e. The highest BCUT2D eigenvalue weighted by Crippen LogP contribution is 2.14. The predicted molar refractivity (Wildman–Crippen MR) is 54.8 cm³/mol. The van der Waals surface area contributed by atoms with Crippen LogP contribution >= 0.6 is 0 Å². The Bertz CT molecular complexity index is 319. The molecule has 0 saturated heterocycles. The highest BCUT2D eigenvalue weighted by Gasteiger charge is 2.15. The first kappa shape index (κ1) is 10.4. The van der Waals surface area contributed by atoms with Gasteiger partial charge in [-0.3, -0.25) is 9.89 Å². The lowest BCUT2D eigenvalue weighted by Crippen LogP contribution is -2.36. The Morgan fingerprint density at radius 1 is 1.71 bits per heavy atom. The van der Waals surface area contributed by atoms with Gasteiger partial charge in [-0.05, 0) is 6.92 Å². The molecule has 1 amide bonds. The van der Waals surface area contributed by atoms with Crippen LogP contribution < -0.4 is 11.1 Å². The van der Waals surface area contributed by atoms with Gasteiger partial charge in [0.1, 0.15) is 11.9 Å². The van der Waals surface area contributed by atoms with Crippen LogP contribution in [0.15, 0.2) is 6.20 Å². The molecule has 0 aliphatic carbocycles. The number of amides is 1. The van der Waals surface area contributed by atoms with Gasteiger partial charge in [0.05, 0.1) is 11.9 Å². The quantitative estimate of drug-likeness (QED) is 0.630. The number of anilines is 2. The van der Waals surface area contributed by atoms with Gasteiger partial charge >= 0.3 is 0 Å². The number of nitrogen functional groups attached to an aromatic ring is 1. The smallest absolute Gasteiger partial charge is 0.244 e. The molecule has 0 aliphatic heterocycles. The van der Waals surface area contributed by atoms with Crippen molar-refractivity contribution in [1.82, 2.24) is 15.1 Å². The van der Waals surface area contributed by atoms with Gasteiger partial charge in [0.15, 0.2) is 0 Å². The van der Waals surface area contributed by atoms with E-state index in [1.165, 1.54) is 4.90 Å². The summed E-state index contributed by atoms with van der Waals surface area (Å²) in [5.41, 5.74) is 6.21. The van der Waals surface area contributed by atoms with Crippen LogP contribution in [0.5, 0.6) is 0 Å². The van der Waals surface area contributed by atoms with E-state index in [4.69, 9.17) is 5.73 Å². The number of likely N-dealkylation sites (N-methyl/N-ethyl adjacent to an activating group) is 1. The van der Waals surface area contributed by atoms with Crippen molar-refractivity contribution in [1.29, 1.82) is 0 Å². The van der Waals surface area contributed by atoms with Gasteiger partial charge in [0.25, 0.3) is 0 Å². The van der Waals surface area contributed by atoms with Crippen molar-refractivity contribution in [3.63, 3.8) is 0 Å². The molecular weight excluding hydrogens is 182 g/mol. The monoisotopic (exact) mass is 197 g/mol. The van der Waals surface area contributed by atoms with Gasteiger partial charge in [-0.2, -0.15) is 5.10 Å². The van der Waals surface area contributed by atoms with Crippen LogP contribution in [0, 0.1) is 0 Å². The number of H-pyrrole nitrogens is 1. The summed E-state index contributed by atoms with van der Waals surface area (Å²) in [5, 5.41) is 9.29. The third-order valence-electron chi connectivity index (χ3n) is 1.85. The van der Waals surface area contributed by atoms with Crippen LogP contribution in [0.4, 0.5) is 11.5 Å². The predicted octanol–water partition coefficient (Wildman–Crippen LogP) is -0.119. The van der Waals surface area contributed by atoms with Crippen molar-refractivity contribution >= 4 is 17.4 Å². The molecule has 0 aromatic carbocycles. The van der Waals surface area contributed by atoms with E-state index in [9.17, 15) is 4.79 Å². The molecule has 0 aliphatic rings. The Labute approximate surface area is 82.5 Å². The van der Waals surface area contributed by atoms with Gasteiger partial charge in [-0.15, -0.1) is 0 Å². The minimum absolute atomic E-state index is 0.00870. The average Bonchev–Trinajstić information content (AvgIpc) is 2.50. The van der Waals surface area contributed by atoms with Crippen LogP contribution in [0.2, 0.25) is 0 Å². The average molecular weight is 197 g/mol. The Hall–Kier alpha value is -1.72. The van der Waals surface area contributed by atoms with Gasteiger partial charge < -0.3 is 16.0 Å². The van der Waals surface area contributed by atoms with Crippen molar-refractivity contribution in [3.05, 3.63) is 6.20 Å². The molecule has 0 radical (unpaired) electrons. The molecule has 1 unspecified atom stereocenters. The maximum atomic E-state index is 11.5. The zero-order valence-corrected chi connectivity index (χ0v) is 8.53. The molecule has 1 aromatic heterocycles. The third-order valence-corrected chi connectivity index (χ3v) is 1.85. The third kappa shape index (κ3) is 2.15. The second-order valence-corrected chi connectivity index (χ2v) is 3.30. The fourth-order valence-electron chi connectivity index (χ4n) is 1.09. The molecule has 1 aromatic rings. The molecular formula is C8H15N5O. The first-order valence-corrected chi connectivity index (χ1v) is 4.29. The summed E-state index contributed by atoms with van der Waals surface area (Å²) < 4.78 is 0. The number of aromatic nitrogens is 2. The molecule has 6 heteroatoms. The van der Waals surface area contributed by atoms with E-state index in [2.05, 4.69) is 15.5 Å². The molecule has 1 atom stereocenters. The van der Waals surface area contributed by atoms with Crippen LogP contribution in [0.1, 0.15) is 6.92 Å². The van der Waals surface area contributed by atoms with E-state index in [1.807, 2.05) is 0 Å². The zero-order valence-electron chi connectivity index (χ0n) is 8.53. The number of hydrogen-bond acceptors (Lipinski definition) is 4. The number of carbonyl (C=O) groups excluding carboxylic acids is 1. The molecule has 14 heavy (non-hydrogen) atoms. The Kier molecular flexibility index (Phi) is 2.95. The van der Waals surface area contributed by atoms with E-state index >= 15 is 0 Å². The number of hydrogen-bond donors (Lipinski definition) is 3. The summed E-state index contributed by atoms with van der Waals surface area (Å²) in [7, 11) is 3.42. The van der Waals surface area contributed by atoms with Crippen molar-refractivity contribution in [3.8, 4) is 0 Å². The summed E-state index contributed by atoms with van der Waals surface area (Å²) in [6.07, 6.45) is 1.55. The topological polar surface area (TPSA) is 87.0 Å². The molecule has 78 valence electrons. The zero-order chi connectivity index (χ0) is 10.7. The van der Waals surface area contributed by atoms with Crippen LogP contribution in [-0.4, -0.2) is 41.1 Å². The Morgan fingerprint density at radius 2 is 2.36 bits per heavy atom. The van der Waals surface area contributed by atoms with Gasteiger partial charge in [-0.25, -0.2) is 0 Å². The highest BCUT2D eigenvalue weighted by molar-refractivity contribution is 5.84. The summed E-state index contributed by atoms with van der Waals surface area (Å²) in [6.45, 7) is 1.77. The summed E-state index contributed by atoms with van der Waals surface area (Å²) in [6, 6.07) is -0.315.